The van der Waals surface area contributed by atoms with Gasteiger partial charge in [0, 0.05) is 12.3 Å². The molecule has 0 fully saturated rings. The standard InChI is InChI=1S/C15H20Cl2N2O3S/c1-15(2,3)22-14(21)18-7-8-23-9-12(20)19-13-10(16)5-4-6-11(13)17/h4-6H,7-9H2,1-3H3,(H,18,21)(H,19,20). The lowest BCUT2D eigenvalue weighted by Gasteiger charge is -2.19. The molecule has 1 aromatic rings. The lowest BCUT2D eigenvalue weighted by Crippen LogP contribution is -2.33. The molecule has 0 atom stereocenters. The van der Waals surface area contributed by atoms with Gasteiger partial charge in [0.25, 0.3) is 0 Å². The molecule has 1 aromatic carbocycles. The Kier molecular flexibility index (Phi) is 8.02. The molecular weight excluding hydrogens is 359 g/mol. The van der Waals surface area contributed by atoms with Crippen molar-refractivity contribution in [1.82, 2.24) is 5.32 Å². The number of amides is 2. The second-order valence-corrected chi connectivity index (χ2v) is 7.55. The normalized spacial score (nSPS) is 11.0. The summed E-state index contributed by atoms with van der Waals surface area (Å²) in [5.41, 5.74) is -0.112. The molecule has 5 nitrogen and oxygen atoms in total. The Morgan fingerprint density at radius 2 is 1.83 bits per heavy atom. The van der Waals surface area contributed by atoms with Crippen LogP contribution in [0.4, 0.5) is 10.5 Å². The predicted molar refractivity (Wildman–Crippen MR) is 96.7 cm³/mol. The summed E-state index contributed by atoms with van der Waals surface area (Å²) in [7, 11) is 0. The molecule has 0 saturated carbocycles. The fourth-order valence-corrected chi connectivity index (χ4v) is 2.64. The molecule has 0 aromatic heterocycles. The number of hydrogen-bond acceptors (Lipinski definition) is 4. The maximum Gasteiger partial charge on any atom is 0.407 e. The summed E-state index contributed by atoms with van der Waals surface area (Å²) in [6, 6.07) is 5.01. The van der Waals surface area contributed by atoms with E-state index < -0.39 is 11.7 Å². The highest BCUT2D eigenvalue weighted by molar-refractivity contribution is 7.99. The van der Waals surface area contributed by atoms with Crippen LogP contribution in [-0.2, 0) is 9.53 Å². The third-order valence-corrected chi connectivity index (χ3v) is 3.96. The number of benzene rings is 1. The van der Waals surface area contributed by atoms with E-state index in [-0.39, 0.29) is 11.7 Å². The topological polar surface area (TPSA) is 67.4 Å². The van der Waals surface area contributed by atoms with Crippen LogP contribution >= 0.6 is 35.0 Å². The van der Waals surface area contributed by atoms with Crippen molar-refractivity contribution in [2.45, 2.75) is 26.4 Å². The van der Waals surface area contributed by atoms with Gasteiger partial charge in [-0.15, -0.1) is 0 Å². The Morgan fingerprint density at radius 1 is 1.22 bits per heavy atom. The van der Waals surface area contributed by atoms with Crippen LogP contribution in [0.1, 0.15) is 20.8 Å². The Labute approximate surface area is 150 Å². The lowest BCUT2D eigenvalue weighted by atomic mass is 10.2. The molecule has 23 heavy (non-hydrogen) atoms. The minimum Gasteiger partial charge on any atom is -0.444 e. The predicted octanol–water partition coefficient (Wildman–Crippen LogP) is 4.19. The highest BCUT2D eigenvalue weighted by Gasteiger charge is 2.15. The van der Waals surface area contributed by atoms with E-state index >= 15 is 0 Å². The first-order valence-electron chi connectivity index (χ1n) is 6.97. The molecule has 0 unspecified atom stereocenters. The molecule has 0 aliphatic carbocycles. The van der Waals surface area contributed by atoms with Crippen LogP contribution in [0.2, 0.25) is 10.0 Å². The fraction of sp³-hybridized carbons (Fsp3) is 0.467. The number of carbonyl (C=O) groups excluding carboxylic acids is 2. The van der Waals surface area contributed by atoms with E-state index in [1.807, 2.05) is 0 Å². The summed E-state index contributed by atoms with van der Waals surface area (Å²) >= 11 is 13.3. The van der Waals surface area contributed by atoms with Crippen molar-refractivity contribution in [1.29, 1.82) is 0 Å². The van der Waals surface area contributed by atoms with E-state index in [1.165, 1.54) is 11.8 Å². The zero-order valence-electron chi connectivity index (χ0n) is 13.2. The maximum absolute atomic E-state index is 11.8. The van der Waals surface area contributed by atoms with Crippen molar-refractivity contribution in [3.05, 3.63) is 28.2 Å². The number of thioether (sulfide) groups is 1. The van der Waals surface area contributed by atoms with Gasteiger partial charge in [-0.3, -0.25) is 4.79 Å². The van der Waals surface area contributed by atoms with E-state index in [2.05, 4.69) is 10.6 Å². The number of para-hydroxylation sites is 1. The average Bonchev–Trinajstić information content (AvgIpc) is 2.40. The van der Waals surface area contributed by atoms with Gasteiger partial charge in [0.2, 0.25) is 5.91 Å². The van der Waals surface area contributed by atoms with Gasteiger partial charge in [-0.25, -0.2) is 4.79 Å². The number of alkyl carbamates (subject to hydrolysis) is 1. The smallest absolute Gasteiger partial charge is 0.407 e. The molecule has 0 heterocycles. The number of anilines is 1. The van der Waals surface area contributed by atoms with E-state index in [4.69, 9.17) is 27.9 Å². The van der Waals surface area contributed by atoms with Crippen molar-refractivity contribution < 1.29 is 14.3 Å². The second kappa shape index (κ2) is 9.25. The summed E-state index contributed by atoms with van der Waals surface area (Å²) < 4.78 is 5.10. The van der Waals surface area contributed by atoms with Crippen LogP contribution in [0, 0.1) is 0 Å². The van der Waals surface area contributed by atoms with Crippen molar-refractivity contribution in [2.24, 2.45) is 0 Å². The average molecular weight is 379 g/mol. The summed E-state index contributed by atoms with van der Waals surface area (Å²) in [5.74, 6) is 0.614. The lowest BCUT2D eigenvalue weighted by molar-refractivity contribution is -0.113. The van der Waals surface area contributed by atoms with E-state index in [0.29, 0.717) is 28.0 Å². The Balaban J connectivity index is 2.24. The molecule has 0 radical (unpaired) electrons. The monoisotopic (exact) mass is 378 g/mol. The Morgan fingerprint density at radius 3 is 2.39 bits per heavy atom. The van der Waals surface area contributed by atoms with Crippen LogP contribution in [0.25, 0.3) is 0 Å². The molecule has 1 rings (SSSR count). The van der Waals surface area contributed by atoms with Crippen LogP contribution in [-0.4, -0.2) is 35.7 Å². The number of nitrogens with one attached hydrogen (secondary N) is 2. The molecule has 2 N–H and O–H groups in total. The van der Waals surface area contributed by atoms with E-state index in [9.17, 15) is 9.59 Å². The van der Waals surface area contributed by atoms with E-state index in [0.717, 1.165) is 0 Å². The first kappa shape index (κ1) is 19.9. The minimum atomic E-state index is -0.522. The van der Waals surface area contributed by atoms with Gasteiger partial charge in [-0.1, -0.05) is 29.3 Å². The van der Waals surface area contributed by atoms with Gasteiger partial charge >= 0.3 is 6.09 Å². The van der Waals surface area contributed by atoms with Crippen molar-refractivity contribution in [3.63, 3.8) is 0 Å². The number of hydrogen-bond donors (Lipinski definition) is 2. The van der Waals surface area contributed by atoms with Gasteiger partial charge in [0.05, 0.1) is 21.5 Å². The third-order valence-electron chi connectivity index (χ3n) is 2.37. The molecule has 2 amide bonds. The minimum absolute atomic E-state index is 0.206. The maximum atomic E-state index is 11.8. The summed E-state index contributed by atoms with van der Waals surface area (Å²) in [4.78, 5) is 23.3. The first-order chi connectivity index (χ1) is 10.7. The Bertz CT molecular complexity index is 542. The highest BCUT2D eigenvalue weighted by Crippen LogP contribution is 2.29. The molecule has 8 heteroatoms. The van der Waals surface area contributed by atoms with Crippen LogP contribution in [0.3, 0.4) is 0 Å². The van der Waals surface area contributed by atoms with Crippen LogP contribution in [0.5, 0.6) is 0 Å². The number of ether oxygens (including phenoxy) is 1. The molecule has 128 valence electrons. The molecule has 0 aliphatic rings. The SMILES string of the molecule is CC(C)(C)OC(=O)NCCSCC(=O)Nc1c(Cl)cccc1Cl. The second-order valence-electron chi connectivity index (χ2n) is 5.63. The summed E-state index contributed by atoms with van der Waals surface area (Å²) in [5, 5.41) is 6.08. The van der Waals surface area contributed by atoms with Gasteiger partial charge in [-0.2, -0.15) is 11.8 Å². The third kappa shape index (κ3) is 8.34. The quantitative estimate of drug-likeness (QED) is 0.728. The van der Waals surface area contributed by atoms with Crippen LogP contribution < -0.4 is 10.6 Å². The summed E-state index contributed by atoms with van der Waals surface area (Å²) in [6.45, 7) is 5.81. The molecule has 0 aliphatic heterocycles. The van der Waals surface area contributed by atoms with Gasteiger partial charge in [0.1, 0.15) is 5.60 Å². The molecular formula is C15H20Cl2N2O3S. The largest absolute Gasteiger partial charge is 0.444 e. The Hall–Kier alpha value is -1.11. The highest BCUT2D eigenvalue weighted by atomic mass is 35.5. The molecule has 0 saturated heterocycles. The number of rotatable bonds is 6. The van der Waals surface area contributed by atoms with E-state index in [1.54, 1.807) is 39.0 Å². The van der Waals surface area contributed by atoms with Gasteiger partial charge < -0.3 is 15.4 Å². The molecule has 0 spiro atoms. The molecule has 0 bridgehead atoms. The van der Waals surface area contributed by atoms with Crippen LogP contribution in [0.15, 0.2) is 18.2 Å². The van der Waals surface area contributed by atoms with Crippen molar-refractivity contribution in [3.8, 4) is 0 Å². The fourth-order valence-electron chi connectivity index (χ4n) is 1.50. The van der Waals surface area contributed by atoms with Crippen molar-refractivity contribution >= 4 is 52.7 Å². The zero-order valence-corrected chi connectivity index (χ0v) is 15.6. The van der Waals surface area contributed by atoms with Gasteiger partial charge in [-0.05, 0) is 32.9 Å². The summed E-state index contributed by atoms with van der Waals surface area (Å²) in [6.07, 6.45) is -0.467. The first-order valence-corrected chi connectivity index (χ1v) is 8.88. The number of carbonyl (C=O) groups is 2. The van der Waals surface area contributed by atoms with Crippen molar-refractivity contribution in [2.75, 3.05) is 23.4 Å². The zero-order chi connectivity index (χ0) is 17.5. The number of halogens is 2. The van der Waals surface area contributed by atoms with Gasteiger partial charge in [0.15, 0.2) is 0 Å².